The van der Waals surface area contributed by atoms with Crippen LogP contribution in [0.5, 0.6) is 5.75 Å². The molecular weight excluding hydrogens is 330 g/mol. The Morgan fingerprint density at radius 2 is 2.17 bits per heavy atom. The number of thioether (sulfide) groups is 1. The summed E-state index contributed by atoms with van der Waals surface area (Å²) in [5, 5.41) is 4.39. The maximum Gasteiger partial charge on any atom is 0.261 e. The van der Waals surface area contributed by atoms with E-state index < -0.39 is 6.10 Å². The summed E-state index contributed by atoms with van der Waals surface area (Å²) in [6.07, 6.45) is 6.92. The molecule has 0 bridgehead atoms. The van der Waals surface area contributed by atoms with Crippen LogP contribution in [0.25, 0.3) is 0 Å². The van der Waals surface area contributed by atoms with E-state index in [0.29, 0.717) is 23.7 Å². The molecule has 0 aromatic heterocycles. The van der Waals surface area contributed by atoms with Gasteiger partial charge in [0.15, 0.2) is 6.10 Å². The average Bonchev–Trinajstić information content (AvgIpc) is 2.57. The Morgan fingerprint density at radius 1 is 1.39 bits per heavy atom. The molecule has 128 valence electrons. The molecule has 1 aromatic carbocycles. The molecule has 1 aromatic rings. The first kappa shape index (κ1) is 18.5. The molecule has 1 fully saturated rings. The van der Waals surface area contributed by atoms with Crippen molar-refractivity contribution in [3.8, 4) is 5.75 Å². The van der Waals surface area contributed by atoms with Gasteiger partial charge >= 0.3 is 0 Å². The van der Waals surface area contributed by atoms with E-state index in [2.05, 4.69) is 5.32 Å². The highest BCUT2D eigenvalue weighted by atomic mass is 35.5. The van der Waals surface area contributed by atoms with Gasteiger partial charge in [-0.1, -0.05) is 43.9 Å². The number of ether oxygens (including phenoxy) is 1. The lowest BCUT2D eigenvalue weighted by Gasteiger charge is -2.21. The predicted molar refractivity (Wildman–Crippen MR) is 98.5 cm³/mol. The summed E-state index contributed by atoms with van der Waals surface area (Å²) in [6.45, 7) is 2.65. The van der Waals surface area contributed by atoms with Crippen LogP contribution in [0.4, 0.5) is 0 Å². The monoisotopic (exact) mass is 355 g/mol. The van der Waals surface area contributed by atoms with Crippen molar-refractivity contribution < 1.29 is 9.53 Å². The molecule has 3 nitrogen and oxygen atoms in total. The molecule has 5 heteroatoms. The minimum absolute atomic E-state index is 0.0447. The van der Waals surface area contributed by atoms with Crippen LogP contribution < -0.4 is 10.1 Å². The number of amides is 1. The third-order valence-electron chi connectivity index (χ3n) is 4.04. The minimum atomic E-state index is -0.465. The summed E-state index contributed by atoms with van der Waals surface area (Å²) in [5.74, 6) is 1.57. The lowest BCUT2D eigenvalue weighted by atomic mass is 10.0. The van der Waals surface area contributed by atoms with Gasteiger partial charge in [0.25, 0.3) is 5.91 Å². The van der Waals surface area contributed by atoms with E-state index in [0.717, 1.165) is 11.0 Å². The van der Waals surface area contributed by atoms with Crippen molar-refractivity contribution in [1.29, 1.82) is 0 Å². The minimum Gasteiger partial charge on any atom is -0.481 e. The van der Waals surface area contributed by atoms with Gasteiger partial charge in [0.1, 0.15) is 5.75 Å². The highest BCUT2D eigenvalue weighted by molar-refractivity contribution is 7.99. The molecule has 0 saturated heterocycles. The first-order valence-electron chi connectivity index (χ1n) is 8.50. The highest BCUT2D eigenvalue weighted by Gasteiger charge is 2.18. The quantitative estimate of drug-likeness (QED) is 0.688. The van der Waals surface area contributed by atoms with Gasteiger partial charge in [0.2, 0.25) is 0 Å². The van der Waals surface area contributed by atoms with Gasteiger partial charge in [-0.05, 0) is 37.5 Å². The number of halogens is 1. The van der Waals surface area contributed by atoms with Crippen molar-refractivity contribution in [3.63, 3.8) is 0 Å². The predicted octanol–water partition coefficient (Wildman–Crippen LogP) is 4.68. The number of hydrogen-bond donors (Lipinski definition) is 1. The van der Waals surface area contributed by atoms with Gasteiger partial charge in [-0.25, -0.2) is 0 Å². The van der Waals surface area contributed by atoms with Gasteiger partial charge in [0, 0.05) is 22.6 Å². The van der Waals surface area contributed by atoms with Crippen LogP contribution >= 0.6 is 23.4 Å². The molecule has 1 aliphatic rings. The Balaban J connectivity index is 1.69. The van der Waals surface area contributed by atoms with Gasteiger partial charge < -0.3 is 10.1 Å². The van der Waals surface area contributed by atoms with E-state index >= 15 is 0 Å². The molecule has 1 saturated carbocycles. The van der Waals surface area contributed by atoms with E-state index in [-0.39, 0.29) is 5.91 Å². The average molecular weight is 356 g/mol. The molecule has 2 rings (SSSR count). The number of rotatable bonds is 8. The van der Waals surface area contributed by atoms with Crippen LogP contribution in [-0.4, -0.2) is 29.6 Å². The Hall–Kier alpha value is -0.870. The summed E-state index contributed by atoms with van der Waals surface area (Å²) in [6, 6.07) is 7.16. The van der Waals surface area contributed by atoms with E-state index in [9.17, 15) is 4.79 Å². The Bertz CT molecular complexity index is 492. The fraction of sp³-hybridized carbons (Fsp3) is 0.611. The van der Waals surface area contributed by atoms with Crippen LogP contribution in [-0.2, 0) is 4.79 Å². The van der Waals surface area contributed by atoms with E-state index in [1.807, 2.05) is 30.8 Å². The normalized spacial score (nSPS) is 16.8. The maximum absolute atomic E-state index is 12.2. The number of benzene rings is 1. The molecule has 1 aliphatic carbocycles. The summed E-state index contributed by atoms with van der Waals surface area (Å²) >= 11 is 7.94. The van der Waals surface area contributed by atoms with Crippen molar-refractivity contribution in [2.45, 2.75) is 56.8 Å². The third kappa shape index (κ3) is 6.64. The molecular formula is C18H26ClNO2S. The second-order valence-corrected chi connectivity index (χ2v) is 7.74. The van der Waals surface area contributed by atoms with Crippen molar-refractivity contribution in [2.24, 2.45) is 0 Å². The zero-order valence-electron chi connectivity index (χ0n) is 13.7. The van der Waals surface area contributed by atoms with Crippen LogP contribution in [0.2, 0.25) is 5.02 Å². The van der Waals surface area contributed by atoms with Crippen LogP contribution in [0.1, 0.15) is 45.4 Å². The van der Waals surface area contributed by atoms with E-state index in [1.54, 1.807) is 12.1 Å². The third-order valence-corrected chi connectivity index (χ3v) is 5.66. The topological polar surface area (TPSA) is 38.3 Å². The molecule has 0 aliphatic heterocycles. The van der Waals surface area contributed by atoms with Gasteiger partial charge in [-0.3, -0.25) is 4.79 Å². The fourth-order valence-electron chi connectivity index (χ4n) is 2.77. The Morgan fingerprint density at radius 3 is 2.87 bits per heavy atom. The molecule has 0 radical (unpaired) electrons. The largest absolute Gasteiger partial charge is 0.481 e. The summed E-state index contributed by atoms with van der Waals surface area (Å²) in [5.41, 5.74) is 0. The molecule has 0 heterocycles. The van der Waals surface area contributed by atoms with E-state index in [1.165, 1.54) is 32.1 Å². The number of carbonyl (C=O) groups is 1. The van der Waals surface area contributed by atoms with Crippen molar-refractivity contribution in [1.82, 2.24) is 5.32 Å². The van der Waals surface area contributed by atoms with Crippen LogP contribution in [0.3, 0.4) is 0 Å². The summed E-state index contributed by atoms with van der Waals surface area (Å²) in [4.78, 5) is 12.2. The molecule has 0 spiro atoms. The van der Waals surface area contributed by atoms with Crippen molar-refractivity contribution in [3.05, 3.63) is 29.3 Å². The smallest absolute Gasteiger partial charge is 0.261 e. The molecule has 1 unspecified atom stereocenters. The van der Waals surface area contributed by atoms with Crippen LogP contribution in [0.15, 0.2) is 24.3 Å². The molecule has 1 atom stereocenters. The zero-order chi connectivity index (χ0) is 16.5. The maximum atomic E-state index is 12.2. The molecule has 1 N–H and O–H groups in total. The second-order valence-electron chi connectivity index (χ2n) is 5.89. The number of nitrogens with one attached hydrogen (secondary N) is 1. The lowest BCUT2D eigenvalue weighted by Crippen LogP contribution is -2.39. The highest BCUT2D eigenvalue weighted by Crippen LogP contribution is 2.27. The number of carbonyl (C=O) groups excluding carboxylic acids is 1. The van der Waals surface area contributed by atoms with Gasteiger partial charge in [-0.15, -0.1) is 0 Å². The van der Waals surface area contributed by atoms with Gasteiger partial charge in [0.05, 0.1) is 0 Å². The Kier molecular flexibility index (Phi) is 8.10. The zero-order valence-corrected chi connectivity index (χ0v) is 15.3. The first-order chi connectivity index (χ1) is 11.2. The summed E-state index contributed by atoms with van der Waals surface area (Å²) < 4.78 is 5.75. The lowest BCUT2D eigenvalue weighted by molar-refractivity contribution is -0.127. The standard InChI is InChI=1S/C18H26ClNO2S/c1-2-17(22-15-8-6-7-14(19)13-15)18(21)20-11-12-23-16-9-4-3-5-10-16/h6-8,13,16-17H,2-5,9-12H2,1H3,(H,20,21). The Labute approximate surface area is 148 Å². The molecule has 23 heavy (non-hydrogen) atoms. The van der Waals surface area contributed by atoms with Crippen molar-refractivity contribution in [2.75, 3.05) is 12.3 Å². The first-order valence-corrected chi connectivity index (χ1v) is 9.93. The fourth-order valence-corrected chi connectivity index (χ4v) is 4.17. The van der Waals surface area contributed by atoms with E-state index in [4.69, 9.17) is 16.3 Å². The van der Waals surface area contributed by atoms with Crippen LogP contribution in [0, 0.1) is 0 Å². The SMILES string of the molecule is CCC(Oc1cccc(Cl)c1)C(=O)NCCSC1CCCCC1. The molecule has 1 amide bonds. The van der Waals surface area contributed by atoms with Gasteiger partial charge in [-0.2, -0.15) is 11.8 Å². The van der Waals surface area contributed by atoms with Crippen molar-refractivity contribution >= 4 is 29.3 Å². The second kappa shape index (κ2) is 10.1. The summed E-state index contributed by atoms with van der Waals surface area (Å²) in [7, 11) is 0. The number of hydrogen-bond acceptors (Lipinski definition) is 3.